The van der Waals surface area contributed by atoms with E-state index in [2.05, 4.69) is 20.8 Å². The number of fused-ring (bicyclic) bond motifs is 1. The molecule has 1 spiro atoms. The quantitative estimate of drug-likeness (QED) is 0.493. The van der Waals surface area contributed by atoms with Crippen LogP contribution in [0, 0.1) is 5.41 Å². The zero-order chi connectivity index (χ0) is 16.2. The molecular formula is C17H24O5. The van der Waals surface area contributed by atoms with Crippen LogP contribution in [-0.2, 0) is 19.0 Å². The van der Waals surface area contributed by atoms with E-state index in [1.165, 1.54) is 6.08 Å². The van der Waals surface area contributed by atoms with Crippen LogP contribution in [0.1, 0.15) is 40.5 Å². The summed E-state index contributed by atoms with van der Waals surface area (Å²) in [6.45, 7) is 9.45. The van der Waals surface area contributed by atoms with Gasteiger partial charge in [-0.2, -0.15) is 0 Å². The first-order valence-corrected chi connectivity index (χ1v) is 7.72. The van der Waals surface area contributed by atoms with E-state index in [1.54, 1.807) is 6.92 Å². The van der Waals surface area contributed by atoms with Crippen LogP contribution in [0.2, 0.25) is 0 Å². The van der Waals surface area contributed by atoms with Crippen molar-refractivity contribution in [3.05, 3.63) is 23.8 Å². The number of ether oxygens (including phenoxy) is 3. The third-order valence-corrected chi connectivity index (χ3v) is 5.20. The van der Waals surface area contributed by atoms with Gasteiger partial charge in [-0.25, -0.2) is 4.79 Å². The molecule has 2 aliphatic heterocycles. The lowest BCUT2D eigenvalue weighted by Gasteiger charge is -2.45. The number of epoxide rings is 1. The molecule has 1 N–H and O–H groups in total. The highest BCUT2D eigenvalue weighted by Crippen LogP contribution is 2.69. The maximum absolute atomic E-state index is 10.7. The van der Waals surface area contributed by atoms with Crippen LogP contribution < -0.4 is 0 Å². The van der Waals surface area contributed by atoms with Gasteiger partial charge in [0.2, 0.25) is 0 Å². The van der Waals surface area contributed by atoms with E-state index in [-0.39, 0.29) is 11.0 Å². The molecule has 122 valence electrons. The van der Waals surface area contributed by atoms with Crippen LogP contribution in [0.4, 0.5) is 0 Å². The summed E-state index contributed by atoms with van der Waals surface area (Å²) in [6, 6.07) is 0. The second kappa shape index (κ2) is 4.66. The van der Waals surface area contributed by atoms with Crippen LogP contribution in [0.5, 0.6) is 0 Å². The van der Waals surface area contributed by atoms with E-state index >= 15 is 0 Å². The SMILES string of the molecule is CC(=C/C(=O)O)/C=C/[C@@]12O[C@]1(C)CC1(CC2(C)C)OCCO1. The van der Waals surface area contributed by atoms with E-state index in [1.807, 2.05) is 12.2 Å². The van der Waals surface area contributed by atoms with Crippen molar-refractivity contribution in [2.45, 2.75) is 57.5 Å². The summed E-state index contributed by atoms with van der Waals surface area (Å²) in [5.41, 5.74) is -0.193. The molecule has 3 aliphatic rings. The smallest absolute Gasteiger partial charge is 0.328 e. The van der Waals surface area contributed by atoms with Crippen LogP contribution in [0.3, 0.4) is 0 Å². The standard InChI is InChI=1S/C17H24O5/c1-12(9-13(18)19)5-6-17-14(2,3)10-16(20-7-8-21-16)11-15(17,4)22-17/h5-6,9H,7-8,10-11H2,1-4H3,(H,18,19)/b6-5+,12-9-/t15-,17+/m1/s1. The van der Waals surface area contributed by atoms with Gasteiger partial charge in [0.1, 0.15) is 11.2 Å². The summed E-state index contributed by atoms with van der Waals surface area (Å²) in [7, 11) is 0. The van der Waals surface area contributed by atoms with Gasteiger partial charge in [-0.3, -0.25) is 0 Å². The van der Waals surface area contributed by atoms with E-state index in [9.17, 15) is 4.79 Å². The average Bonchev–Trinajstić information content (AvgIpc) is 2.73. The number of carboxylic acid groups (broad SMARTS) is 1. The summed E-state index contributed by atoms with van der Waals surface area (Å²) in [4.78, 5) is 10.7. The zero-order valence-corrected chi connectivity index (χ0v) is 13.6. The normalized spacial score (nSPS) is 39.2. The maximum atomic E-state index is 10.7. The molecule has 5 heteroatoms. The van der Waals surface area contributed by atoms with Crippen molar-refractivity contribution in [1.29, 1.82) is 0 Å². The fraction of sp³-hybridized carbons (Fsp3) is 0.706. The Hall–Kier alpha value is -1.17. The predicted molar refractivity (Wildman–Crippen MR) is 80.4 cm³/mol. The Morgan fingerprint density at radius 2 is 1.77 bits per heavy atom. The molecule has 2 heterocycles. The summed E-state index contributed by atoms with van der Waals surface area (Å²) in [6.07, 6.45) is 6.53. The number of rotatable bonds is 3. The van der Waals surface area contributed by atoms with Crippen molar-refractivity contribution in [3.8, 4) is 0 Å². The first-order chi connectivity index (χ1) is 10.1. The summed E-state index contributed by atoms with van der Waals surface area (Å²) < 4.78 is 18.0. The molecule has 0 bridgehead atoms. The van der Waals surface area contributed by atoms with Gasteiger partial charge < -0.3 is 19.3 Å². The number of hydrogen-bond donors (Lipinski definition) is 1. The first-order valence-electron chi connectivity index (χ1n) is 7.72. The van der Waals surface area contributed by atoms with E-state index < -0.39 is 17.4 Å². The fourth-order valence-corrected chi connectivity index (χ4v) is 4.36. The zero-order valence-electron chi connectivity index (χ0n) is 13.6. The van der Waals surface area contributed by atoms with Crippen LogP contribution in [0.15, 0.2) is 23.8 Å². The van der Waals surface area contributed by atoms with Crippen LogP contribution >= 0.6 is 0 Å². The van der Waals surface area contributed by atoms with Crippen molar-refractivity contribution < 1.29 is 24.1 Å². The van der Waals surface area contributed by atoms with Gasteiger partial charge in [0, 0.05) is 24.3 Å². The molecule has 3 rings (SSSR count). The molecule has 0 aromatic heterocycles. The van der Waals surface area contributed by atoms with Crippen LogP contribution in [-0.4, -0.2) is 41.3 Å². The lowest BCUT2D eigenvalue weighted by Crippen LogP contribution is -2.52. The molecule has 0 unspecified atom stereocenters. The molecular weight excluding hydrogens is 284 g/mol. The molecule has 0 aromatic carbocycles. The average molecular weight is 308 g/mol. The number of carbonyl (C=O) groups is 1. The summed E-state index contributed by atoms with van der Waals surface area (Å²) in [5, 5.41) is 8.81. The number of carboxylic acids is 1. The van der Waals surface area contributed by atoms with Crippen molar-refractivity contribution in [3.63, 3.8) is 0 Å². The molecule has 2 saturated heterocycles. The van der Waals surface area contributed by atoms with Gasteiger partial charge in [-0.05, 0) is 25.5 Å². The Kier molecular flexibility index (Phi) is 3.33. The minimum Gasteiger partial charge on any atom is -0.478 e. The highest BCUT2D eigenvalue weighted by atomic mass is 16.7. The van der Waals surface area contributed by atoms with Crippen molar-refractivity contribution in [1.82, 2.24) is 0 Å². The lowest BCUT2D eigenvalue weighted by atomic mass is 9.61. The molecule has 0 aromatic rings. The summed E-state index contributed by atoms with van der Waals surface area (Å²) in [5.74, 6) is -1.47. The second-order valence-corrected chi connectivity index (χ2v) is 7.47. The first kappa shape index (κ1) is 15.7. The van der Waals surface area contributed by atoms with Gasteiger partial charge in [0.05, 0.1) is 13.2 Å². The monoisotopic (exact) mass is 308 g/mol. The van der Waals surface area contributed by atoms with E-state index in [0.29, 0.717) is 25.2 Å². The third-order valence-electron chi connectivity index (χ3n) is 5.20. The van der Waals surface area contributed by atoms with E-state index in [0.717, 1.165) is 6.42 Å². The van der Waals surface area contributed by atoms with Gasteiger partial charge in [0.25, 0.3) is 0 Å². The van der Waals surface area contributed by atoms with Crippen molar-refractivity contribution in [2.24, 2.45) is 5.41 Å². The van der Waals surface area contributed by atoms with Gasteiger partial charge in [-0.15, -0.1) is 0 Å². The Morgan fingerprint density at radius 1 is 1.14 bits per heavy atom. The minimum atomic E-state index is -0.936. The number of hydrogen-bond acceptors (Lipinski definition) is 4. The Balaban J connectivity index is 1.86. The van der Waals surface area contributed by atoms with Gasteiger partial charge >= 0.3 is 5.97 Å². The molecule has 1 saturated carbocycles. The largest absolute Gasteiger partial charge is 0.478 e. The molecule has 5 nitrogen and oxygen atoms in total. The Morgan fingerprint density at radius 3 is 2.32 bits per heavy atom. The highest BCUT2D eigenvalue weighted by molar-refractivity contribution is 5.81. The Labute approximate surface area is 130 Å². The third kappa shape index (κ3) is 2.23. The minimum absolute atomic E-state index is 0.162. The van der Waals surface area contributed by atoms with Gasteiger partial charge in [-0.1, -0.05) is 19.9 Å². The number of allylic oxidation sites excluding steroid dienone is 2. The highest BCUT2D eigenvalue weighted by Gasteiger charge is 2.78. The van der Waals surface area contributed by atoms with Gasteiger partial charge in [0.15, 0.2) is 5.79 Å². The molecule has 2 atom stereocenters. The molecule has 22 heavy (non-hydrogen) atoms. The molecule has 3 fully saturated rings. The van der Waals surface area contributed by atoms with E-state index in [4.69, 9.17) is 19.3 Å². The molecule has 0 amide bonds. The Bertz CT molecular complexity index is 555. The second-order valence-electron chi connectivity index (χ2n) is 7.47. The predicted octanol–water partition coefficient (Wildman–Crippen LogP) is 2.66. The summed E-state index contributed by atoms with van der Waals surface area (Å²) >= 11 is 0. The lowest BCUT2D eigenvalue weighted by molar-refractivity contribution is -0.201. The topological polar surface area (TPSA) is 68.3 Å². The molecule has 1 aliphatic carbocycles. The number of aliphatic carboxylic acids is 1. The fourth-order valence-electron chi connectivity index (χ4n) is 4.36. The van der Waals surface area contributed by atoms with Crippen molar-refractivity contribution in [2.75, 3.05) is 13.2 Å². The van der Waals surface area contributed by atoms with Crippen LogP contribution in [0.25, 0.3) is 0 Å². The molecule has 0 radical (unpaired) electrons. The van der Waals surface area contributed by atoms with Crippen molar-refractivity contribution >= 4 is 5.97 Å². The maximum Gasteiger partial charge on any atom is 0.328 e.